The Morgan fingerprint density at radius 2 is 1.80 bits per heavy atom. The van der Waals surface area contributed by atoms with Gasteiger partial charge in [0.2, 0.25) is 0 Å². The molecule has 0 aliphatic carbocycles. The number of rotatable bonds is 7. The largest absolute Gasteiger partial charge is 0.396 e. The third kappa shape index (κ3) is 5.78. The van der Waals surface area contributed by atoms with Crippen molar-refractivity contribution < 1.29 is 5.11 Å². The van der Waals surface area contributed by atoms with E-state index in [2.05, 4.69) is 17.4 Å². The smallest absolute Gasteiger partial charge is 0.0431 e. The van der Waals surface area contributed by atoms with Crippen LogP contribution < -0.4 is 5.32 Å². The number of nitrogens with one attached hydrogen (secondary N) is 1. The third-order valence-electron chi connectivity index (χ3n) is 2.27. The van der Waals surface area contributed by atoms with Crippen molar-refractivity contribution in [2.45, 2.75) is 19.3 Å². The first-order valence-electron chi connectivity index (χ1n) is 5.39. The van der Waals surface area contributed by atoms with Crippen molar-refractivity contribution in [3.05, 3.63) is 34.9 Å². The Labute approximate surface area is 96.3 Å². The summed E-state index contributed by atoms with van der Waals surface area (Å²) in [5.74, 6) is 0. The first kappa shape index (κ1) is 12.5. The Hall–Kier alpha value is -0.570. The van der Waals surface area contributed by atoms with Crippen LogP contribution in [0.4, 0.5) is 0 Å². The summed E-state index contributed by atoms with van der Waals surface area (Å²) in [7, 11) is 0. The molecule has 0 saturated carbocycles. The van der Waals surface area contributed by atoms with E-state index in [1.807, 2.05) is 12.1 Å². The van der Waals surface area contributed by atoms with Crippen molar-refractivity contribution in [2.75, 3.05) is 19.7 Å². The number of aliphatic hydroxyl groups excluding tert-OH is 1. The molecule has 1 rings (SSSR count). The monoisotopic (exact) mass is 227 g/mol. The molecular formula is C12H18ClNO. The average Bonchev–Trinajstić information content (AvgIpc) is 2.26. The van der Waals surface area contributed by atoms with Crippen LogP contribution in [0.15, 0.2) is 24.3 Å². The Balaban J connectivity index is 2.07. The van der Waals surface area contributed by atoms with Gasteiger partial charge in [0.25, 0.3) is 0 Å². The van der Waals surface area contributed by atoms with Crippen LogP contribution in [0.5, 0.6) is 0 Å². The molecule has 0 amide bonds. The lowest BCUT2D eigenvalue weighted by molar-refractivity contribution is 0.284. The summed E-state index contributed by atoms with van der Waals surface area (Å²) >= 11 is 5.79. The van der Waals surface area contributed by atoms with Crippen molar-refractivity contribution in [2.24, 2.45) is 0 Å². The van der Waals surface area contributed by atoms with Gasteiger partial charge in [0.1, 0.15) is 0 Å². The molecule has 3 heteroatoms. The maximum atomic E-state index is 8.59. The first-order valence-corrected chi connectivity index (χ1v) is 5.77. The van der Waals surface area contributed by atoms with Crippen LogP contribution >= 0.6 is 11.6 Å². The summed E-state index contributed by atoms with van der Waals surface area (Å²) in [6, 6.07) is 7.95. The second kappa shape index (κ2) is 7.69. The summed E-state index contributed by atoms with van der Waals surface area (Å²) in [4.78, 5) is 0. The first-order chi connectivity index (χ1) is 7.33. The Morgan fingerprint density at radius 3 is 2.47 bits per heavy atom. The van der Waals surface area contributed by atoms with Gasteiger partial charge in [-0.05, 0) is 50.0 Å². The molecule has 0 atom stereocenters. The molecule has 2 N–H and O–H groups in total. The van der Waals surface area contributed by atoms with Gasteiger partial charge in [0.15, 0.2) is 0 Å². The van der Waals surface area contributed by atoms with Crippen LogP contribution in [-0.2, 0) is 6.42 Å². The highest BCUT2D eigenvalue weighted by Crippen LogP contribution is 2.09. The maximum Gasteiger partial charge on any atom is 0.0431 e. The van der Waals surface area contributed by atoms with Gasteiger partial charge in [-0.3, -0.25) is 0 Å². The molecule has 0 aliphatic rings. The highest BCUT2D eigenvalue weighted by atomic mass is 35.5. The molecule has 15 heavy (non-hydrogen) atoms. The summed E-state index contributed by atoms with van der Waals surface area (Å²) in [6.07, 6.45) is 2.95. The van der Waals surface area contributed by atoms with Gasteiger partial charge in [0.05, 0.1) is 0 Å². The average molecular weight is 228 g/mol. The van der Waals surface area contributed by atoms with Gasteiger partial charge in [-0.15, -0.1) is 0 Å². The zero-order valence-electron chi connectivity index (χ0n) is 8.88. The molecule has 0 radical (unpaired) electrons. The van der Waals surface area contributed by atoms with Crippen molar-refractivity contribution in [1.29, 1.82) is 0 Å². The van der Waals surface area contributed by atoms with Crippen LogP contribution in [-0.4, -0.2) is 24.8 Å². The molecule has 0 saturated heterocycles. The summed E-state index contributed by atoms with van der Waals surface area (Å²) < 4.78 is 0. The predicted octanol–water partition coefficient (Wildman–Crippen LogP) is 2.24. The maximum absolute atomic E-state index is 8.59. The molecule has 84 valence electrons. The van der Waals surface area contributed by atoms with E-state index < -0.39 is 0 Å². The highest BCUT2D eigenvalue weighted by molar-refractivity contribution is 6.30. The molecule has 1 aromatic rings. The van der Waals surface area contributed by atoms with Crippen LogP contribution in [0.3, 0.4) is 0 Å². The topological polar surface area (TPSA) is 32.3 Å². The van der Waals surface area contributed by atoms with Crippen LogP contribution in [0.2, 0.25) is 5.02 Å². The van der Waals surface area contributed by atoms with Gasteiger partial charge < -0.3 is 10.4 Å². The van der Waals surface area contributed by atoms with E-state index in [-0.39, 0.29) is 0 Å². The standard InChI is InChI=1S/C12H18ClNO/c13-12-5-3-11(4-6-12)7-9-14-8-1-2-10-15/h3-6,14-15H,1-2,7-10H2. The van der Waals surface area contributed by atoms with Crippen molar-refractivity contribution >= 4 is 11.6 Å². The molecule has 2 nitrogen and oxygen atoms in total. The van der Waals surface area contributed by atoms with Gasteiger partial charge in [0, 0.05) is 11.6 Å². The van der Waals surface area contributed by atoms with Gasteiger partial charge in [-0.2, -0.15) is 0 Å². The molecule has 0 aliphatic heterocycles. The number of hydrogen-bond acceptors (Lipinski definition) is 2. The van der Waals surface area contributed by atoms with E-state index >= 15 is 0 Å². The van der Waals surface area contributed by atoms with E-state index in [0.29, 0.717) is 6.61 Å². The minimum Gasteiger partial charge on any atom is -0.396 e. The molecule has 1 aromatic carbocycles. The fourth-order valence-corrected chi connectivity index (χ4v) is 1.50. The minimum absolute atomic E-state index is 0.291. The third-order valence-corrected chi connectivity index (χ3v) is 2.52. The predicted molar refractivity (Wildman–Crippen MR) is 64.3 cm³/mol. The van der Waals surface area contributed by atoms with Crippen molar-refractivity contribution in [1.82, 2.24) is 5.32 Å². The molecule has 0 spiro atoms. The minimum atomic E-state index is 0.291. The van der Waals surface area contributed by atoms with E-state index in [0.717, 1.165) is 37.4 Å². The number of unbranched alkanes of at least 4 members (excludes halogenated alkanes) is 1. The van der Waals surface area contributed by atoms with Crippen LogP contribution in [0.25, 0.3) is 0 Å². The lowest BCUT2D eigenvalue weighted by Crippen LogP contribution is -2.18. The number of hydrogen-bond donors (Lipinski definition) is 2. The molecule has 0 fully saturated rings. The lowest BCUT2D eigenvalue weighted by atomic mass is 10.1. The number of aliphatic hydroxyl groups is 1. The molecule has 0 aromatic heterocycles. The highest BCUT2D eigenvalue weighted by Gasteiger charge is 1.93. The lowest BCUT2D eigenvalue weighted by Gasteiger charge is -2.04. The SMILES string of the molecule is OCCCCNCCc1ccc(Cl)cc1. The van der Waals surface area contributed by atoms with Crippen molar-refractivity contribution in [3.63, 3.8) is 0 Å². The fourth-order valence-electron chi connectivity index (χ4n) is 1.37. The van der Waals surface area contributed by atoms with E-state index in [1.165, 1.54) is 5.56 Å². The van der Waals surface area contributed by atoms with E-state index in [4.69, 9.17) is 16.7 Å². The number of benzene rings is 1. The van der Waals surface area contributed by atoms with Gasteiger partial charge >= 0.3 is 0 Å². The quantitative estimate of drug-likeness (QED) is 0.701. The van der Waals surface area contributed by atoms with Gasteiger partial charge in [-0.25, -0.2) is 0 Å². The van der Waals surface area contributed by atoms with Crippen molar-refractivity contribution in [3.8, 4) is 0 Å². The summed E-state index contributed by atoms with van der Waals surface area (Å²) in [5, 5.41) is 12.7. The second-order valence-corrected chi connectivity index (χ2v) is 3.99. The van der Waals surface area contributed by atoms with Gasteiger partial charge in [-0.1, -0.05) is 23.7 Å². The molecular weight excluding hydrogens is 210 g/mol. The molecule has 0 bridgehead atoms. The van der Waals surface area contributed by atoms with Crippen LogP contribution in [0, 0.1) is 0 Å². The fraction of sp³-hybridized carbons (Fsp3) is 0.500. The zero-order chi connectivity index (χ0) is 10.9. The summed E-state index contributed by atoms with van der Waals surface area (Å²) in [5.41, 5.74) is 1.30. The Bertz CT molecular complexity index is 261. The Morgan fingerprint density at radius 1 is 1.07 bits per heavy atom. The second-order valence-electron chi connectivity index (χ2n) is 3.56. The Kier molecular flexibility index (Phi) is 6.41. The summed E-state index contributed by atoms with van der Waals surface area (Å²) in [6.45, 7) is 2.25. The molecule has 0 heterocycles. The normalized spacial score (nSPS) is 10.5. The van der Waals surface area contributed by atoms with E-state index in [1.54, 1.807) is 0 Å². The van der Waals surface area contributed by atoms with Crippen LogP contribution in [0.1, 0.15) is 18.4 Å². The zero-order valence-corrected chi connectivity index (χ0v) is 9.63. The molecule has 0 unspecified atom stereocenters. The van der Waals surface area contributed by atoms with E-state index in [9.17, 15) is 0 Å². The number of halogens is 1.